The molecule has 0 amide bonds. The number of hydrogen-bond donors (Lipinski definition) is 0. The van der Waals surface area contributed by atoms with Crippen molar-refractivity contribution >= 4 is 35.5 Å². The number of hydrogen-bond acceptors (Lipinski definition) is 3. The Kier molecular flexibility index (Phi) is 6.58. The molecular weight excluding hydrogens is 312 g/mol. The van der Waals surface area contributed by atoms with E-state index >= 15 is 0 Å². The van der Waals surface area contributed by atoms with E-state index in [4.69, 9.17) is 12.2 Å². The zero-order valence-electron chi connectivity index (χ0n) is 13.1. The molecule has 1 aliphatic carbocycles. The normalized spacial score (nSPS) is 21.5. The summed E-state index contributed by atoms with van der Waals surface area (Å²) < 4.78 is 0. The predicted octanol–water partition coefficient (Wildman–Crippen LogP) is 5.49. The van der Waals surface area contributed by atoms with Crippen molar-refractivity contribution < 1.29 is 0 Å². The molecule has 1 aromatic rings. The molecule has 120 valence electrons. The minimum Gasteiger partial charge on any atom is -0.294 e. The maximum atomic E-state index is 4.76. The van der Waals surface area contributed by atoms with Crippen LogP contribution >= 0.6 is 24.6 Å². The van der Waals surface area contributed by atoms with Crippen molar-refractivity contribution in [2.24, 2.45) is 4.99 Å². The van der Waals surface area contributed by atoms with Crippen LogP contribution in [0, 0.1) is 0 Å². The van der Waals surface area contributed by atoms with Gasteiger partial charge in [0.15, 0.2) is 0 Å². The lowest BCUT2D eigenvalue weighted by molar-refractivity contribution is 0.0304. The number of halogens is 1. The second-order valence-electron chi connectivity index (χ2n) is 6.39. The van der Waals surface area contributed by atoms with E-state index in [0.29, 0.717) is 0 Å². The fourth-order valence-electron chi connectivity index (χ4n) is 4.16. The first kappa shape index (κ1) is 17.6. The maximum absolute atomic E-state index is 4.76. The Morgan fingerprint density at radius 1 is 1.00 bits per heavy atom. The molecule has 1 heterocycles. The molecule has 0 N–H and O–H groups in total. The molecule has 2 fully saturated rings. The fraction of sp³-hybridized carbons (Fsp3) is 0.611. The molecular formula is C18H25ClN2S. The van der Waals surface area contributed by atoms with Gasteiger partial charge in [-0.2, -0.15) is 4.99 Å². The summed E-state index contributed by atoms with van der Waals surface area (Å²) in [4.78, 5) is 6.94. The lowest BCUT2D eigenvalue weighted by Gasteiger charge is -2.48. The van der Waals surface area contributed by atoms with Crippen LogP contribution in [-0.4, -0.2) is 23.2 Å². The summed E-state index contributed by atoms with van der Waals surface area (Å²) in [6, 6.07) is 8.68. The molecule has 4 heteroatoms. The minimum absolute atomic E-state index is 0. The van der Waals surface area contributed by atoms with Crippen molar-refractivity contribution in [3.63, 3.8) is 0 Å². The monoisotopic (exact) mass is 336 g/mol. The molecule has 0 atom stereocenters. The van der Waals surface area contributed by atoms with E-state index in [2.05, 4.69) is 33.3 Å². The van der Waals surface area contributed by atoms with E-state index in [9.17, 15) is 0 Å². The van der Waals surface area contributed by atoms with Crippen LogP contribution in [-0.2, 0) is 5.54 Å². The Bertz CT molecular complexity index is 528. The van der Waals surface area contributed by atoms with Gasteiger partial charge in [0.1, 0.15) is 0 Å². The topological polar surface area (TPSA) is 15.6 Å². The van der Waals surface area contributed by atoms with Crippen LogP contribution < -0.4 is 0 Å². The van der Waals surface area contributed by atoms with Gasteiger partial charge in [-0.25, -0.2) is 0 Å². The van der Waals surface area contributed by atoms with E-state index in [1.165, 1.54) is 70.0 Å². The van der Waals surface area contributed by atoms with Crippen molar-refractivity contribution in [3.05, 3.63) is 29.8 Å². The second-order valence-corrected chi connectivity index (χ2v) is 6.58. The smallest absolute Gasteiger partial charge is 0.0743 e. The first-order valence-corrected chi connectivity index (χ1v) is 8.69. The highest BCUT2D eigenvalue weighted by molar-refractivity contribution is 7.78. The summed E-state index contributed by atoms with van der Waals surface area (Å²) in [6.07, 6.45) is 10.7. The highest BCUT2D eigenvalue weighted by atomic mass is 35.5. The minimum atomic E-state index is 0. The van der Waals surface area contributed by atoms with Gasteiger partial charge in [-0.05, 0) is 68.7 Å². The molecule has 0 spiro atoms. The third kappa shape index (κ3) is 3.60. The molecule has 1 saturated carbocycles. The van der Waals surface area contributed by atoms with E-state index in [0.717, 1.165) is 5.69 Å². The van der Waals surface area contributed by atoms with Crippen molar-refractivity contribution in [1.82, 2.24) is 4.90 Å². The van der Waals surface area contributed by atoms with E-state index < -0.39 is 0 Å². The molecule has 2 aliphatic rings. The van der Waals surface area contributed by atoms with Gasteiger partial charge in [0.05, 0.1) is 10.8 Å². The summed E-state index contributed by atoms with van der Waals surface area (Å²) >= 11 is 4.76. The number of piperidine rings is 1. The molecule has 0 bridgehead atoms. The molecule has 0 radical (unpaired) electrons. The predicted molar refractivity (Wildman–Crippen MR) is 98.6 cm³/mol. The molecule has 0 unspecified atom stereocenters. The van der Waals surface area contributed by atoms with Gasteiger partial charge in [-0.15, -0.1) is 12.4 Å². The molecule has 1 aliphatic heterocycles. The third-order valence-corrected chi connectivity index (χ3v) is 5.29. The van der Waals surface area contributed by atoms with Gasteiger partial charge in [-0.1, -0.05) is 37.8 Å². The standard InChI is InChI=1S/C18H24N2S.ClH/c21-15-19-17-9-7-8-16(14-17)18(10-3-1-4-11-18)20-12-5-2-6-13-20;/h7-9,14H,1-6,10-13H2;1H. The lowest BCUT2D eigenvalue weighted by Crippen LogP contribution is -2.49. The SMILES string of the molecule is Cl.S=C=Nc1cccc(C2(N3CCCCC3)CCCCC2)c1. The van der Waals surface area contributed by atoms with Crippen LogP contribution in [0.1, 0.15) is 56.9 Å². The molecule has 1 saturated heterocycles. The first-order chi connectivity index (χ1) is 10.3. The molecule has 0 aromatic heterocycles. The van der Waals surface area contributed by atoms with Crippen molar-refractivity contribution in [2.75, 3.05) is 13.1 Å². The summed E-state index contributed by atoms with van der Waals surface area (Å²) in [5.74, 6) is 0. The Hall–Kier alpha value is -0.730. The van der Waals surface area contributed by atoms with E-state index in [-0.39, 0.29) is 17.9 Å². The van der Waals surface area contributed by atoms with Gasteiger partial charge in [0, 0.05) is 5.54 Å². The van der Waals surface area contributed by atoms with Crippen LogP contribution in [0.15, 0.2) is 29.3 Å². The molecule has 2 nitrogen and oxygen atoms in total. The van der Waals surface area contributed by atoms with Crippen molar-refractivity contribution in [2.45, 2.75) is 56.9 Å². The van der Waals surface area contributed by atoms with Gasteiger partial charge in [0.2, 0.25) is 0 Å². The van der Waals surface area contributed by atoms with Crippen molar-refractivity contribution in [3.8, 4) is 0 Å². The number of nitrogens with zero attached hydrogens (tertiary/aromatic N) is 2. The van der Waals surface area contributed by atoms with Crippen LogP contribution in [0.4, 0.5) is 5.69 Å². The Morgan fingerprint density at radius 2 is 1.68 bits per heavy atom. The quantitative estimate of drug-likeness (QED) is 0.536. The highest BCUT2D eigenvalue weighted by Crippen LogP contribution is 2.44. The Balaban J connectivity index is 0.00000176. The Morgan fingerprint density at radius 3 is 2.36 bits per heavy atom. The zero-order valence-corrected chi connectivity index (χ0v) is 14.7. The van der Waals surface area contributed by atoms with Crippen molar-refractivity contribution in [1.29, 1.82) is 0 Å². The average molecular weight is 337 g/mol. The Labute approximate surface area is 145 Å². The molecule has 3 rings (SSSR count). The van der Waals surface area contributed by atoms with Gasteiger partial charge < -0.3 is 0 Å². The van der Waals surface area contributed by atoms with Crippen LogP contribution in [0.3, 0.4) is 0 Å². The van der Waals surface area contributed by atoms with E-state index in [1.807, 2.05) is 6.07 Å². The third-order valence-electron chi connectivity index (χ3n) is 5.20. The molecule has 1 aromatic carbocycles. The second kappa shape index (κ2) is 8.21. The van der Waals surface area contributed by atoms with Crippen LogP contribution in [0.5, 0.6) is 0 Å². The fourth-order valence-corrected chi connectivity index (χ4v) is 4.27. The lowest BCUT2D eigenvalue weighted by atomic mass is 9.74. The number of isothiocyanates is 1. The number of likely N-dealkylation sites (tertiary alicyclic amines) is 1. The summed E-state index contributed by atoms with van der Waals surface area (Å²) in [5.41, 5.74) is 2.63. The number of benzene rings is 1. The van der Waals surface area contributed by atoms with Gasteiger partial charge >= 0.3 is 0 Å². The number of rotatable bonds is 3. The first-order valence-electron chi connectivity index (χ1n) is 8.29. The van der Waals surface area contributed by atoms with Gasteiger partial charge in [0.25, 0.3) is 0 Å². The largest absolute Gasteiger partial charge is 0.294 e. The van der Waals surface area contributed by atoms with E-state index in [1.54, 1.807) is 0 Å². The summed E-state index contributed by atoms with van der Waals surface area (Å²) in [5, 5.41) is 2.50. The molecule has 22 heavy (non-hydrogen) atoms. The number of aliphatic imine (C=N–C) groups is 1. The van der Waals surface area contributed by atoms with Crippen LogP contribution in [0.2, 0.25) is 0 Å². The van der Waals surface area contributed by atoms with Crippen LogP contribution in [0.25, 0.3) is 0 Å². The zero-order chi connectivity index (χ0) is 14.5. The summed E-state index contributed by atoms with van der Waals surface area (Å²) in [6.45, 7) is 2.50. The average Bonchev–Trinajstić information content (AvgIpc) is 2.57. The number of thiocarbonyl (C=S) groups is 1. The summed E-state index contributed by atoms with van der Waals surface area (Å²) in [7, 11) is 0. The highest BCUT2D eigenvalue weighted by Gasteiger charge is 2.39. The maximum Gasteiger partial charge on any atom is 0.0743 e. The van der Waals surface area contributed by atoms with Gasteiger partial charge in [-0.3, -0.25) is 4.90 Å².